The molecule has 1 rings (SSSR count). The van der Waals surface area contributed by atoms with E-state index in [9.17, 15) is 0 Å². The SMILES string of the molecule is C#CCCCN[C@@H](C)C1CCCCCC1. The van der Waals surface area contributed by atoms with E-state index in [1.165, 1.54) is 38.5 Å². The first-order valence-corrected chi connectivity index (χ1v) is 6.51. The van der Waals surface area contributed by atoms with Crippen molar-refractivity contribution in [3.05, 3.63) is 0 Å². The van der Waals surface area contributed by atoms with E-state index in [1.807, 2.05) is 0 Å². The minimum atomic E-state index is 0.681. The van der Waals surface area contributed by atoms with Crippen LogP contribution < -0.4 is 5.32 Å². The van der Waals surface area contributed by atoms with Crippen molar-refractivity contribution in [2.45, 2.75) is 64.3 Å². The van der Waals surface area contributed by atoms with Crippen LogP contribution in [0.15, 0.2) is 0 Å². The van der Waals surface area contributed by atoms with Gasteiger partial charge in [0.05, 0.1) is 0 Å². The molecule has 1 aliphatic carbocycles. The second-order valence-electron chi connectivity index (χ2n) is 4.80. The van der Waals surface area contributed by atoms with E-state index < -0.39 is 0 Å². The minimum absolute atomic E-state index is 0.681. The Morgan fingerprint density at radius 3 is 2.53 bits per heavy atom. The summed E-state index contributed by atoms with van der Waals surface area (Å²) in [6.45, 7) is 3.42. The van der Waals surface area contributed by atoms with Crippen LogP contribution in [-0.2, 0) is 0 Å². The normalized spacial score (nSPS) is 20.5. The fourth-order valence-electron chi connectivity index (χ4n) is 2.50. The quantitative estimate of drug-likeness (QED) is 0.414. The third-order valence-electron chi connectivity index (χ3n) is 3.57. The van der Waals surface area contributed by atoms with Crippen LogP contribution in [0.25, 0.3) is 0 Å². The molecule has 1 aliphatic rings. The molecule has 86 valence electrons. The van der Waals surface area contributed by atoms with E-state index >= 15 is 0 Å². The highest BCUT2D eigenvalue weighted by atomic mass is 14.9. The molecule has 1 atom stereocenters. The summed E-state index contributed by atoms with van der Waals surface area (Å²) in [5, 5.41) is 3.62. The molecule has 0 unspecified atom stereocenters. The van der Waals surface area contributed by atoms with Gasteiger partial charge in [0.1, 0.15) is 0 Å². The maximum absolute atomic E-state index is 5.23. The number of rotatable bonds is 5. The average molecular weight is 207 g/mol. The zero-order valence-corrected chi connectivity index (χ0v) is 10.1. The zero-order chi connectivity index (χ0) is 10.9. The highest BCUT2D eigenvalue weighted by Gasteiger charge is 2.17. The van der Waals surface area contributed by atoms with Crippen molar-refractivity contribution in [2.24, 2.45) is 5.92 Å². The van der Waals surface area contributed by atoms with Gasteiger partial charge in [0.25, 0.3) is 0 Å². The van der Waals surface area contributed by atoms with Crippen molar-refractivity contribution in [2.75, 3.05) is 6.54 Å². The first-order chi connectivity index (χ1) is 7.34. The lowest BCUT2D eigenvalue weighted by Crippen LogP contribution is -2.34. The largest absolute Gasteiger partial charge is 0.314 e. The first-order valence-electron chi connectivity index (χ1n) is 6.51. The van der Waals surface area contributed by atoms with E-state index in [-0.39, 0.29) is 0 Å². The van der Waals surface area contributed by atoms with Crippen LogP contribution in [0.5, 0.6) is 0 Å². The molecule has 1 N–H and O–H groups in total. The Labute approximate surface area is 95.0 Å². The second kappa shape index (κ2) is 7.77. The smallest absolute Gasteiger partial charge is 0.00981 e. The summed E-state index contributed by atoms with van der Waals surface area (Å²) >= 11 is 0. The van der Waals surface area contributed by atoms with Gasteiger partial charge in [-0.1, -0.05) is 25.7 Å². The first kappa shape index (κ1) is 12.6. The van der Waals surface area contributed by atoms with Crippen LogP contribution in [0.3, 0.4) is 0 Å². The lowest BCUT2D eigenvalue weighted by atomic mass is 9.93. The number of unbranched alkanes of at least 4 members (excludes halogenated alkanes) is 1. The van der Waals surface area contributed by atoms with Crippen molar-refractivity contribution in [1.29, 1.82) is 0 Å². The number of nitrogens with one attached hydrogen (secondary N) is 1. The van der Waals surface area contributed by atoms with Crippen LogP contribution in [0.2, 0.25) is 0 Å². The van der Waals surface area contributed by atoms with Crippen molar-refractivity contribution >= 4 is 0 Å². The molecule has 0 aromatic carbocycles. The second-order valence-corrected chi connectivity index (χ2v) is 4.80. The van der Waals surface area contributed by atoms with E-state index in [1.54, 1.807) is 0 Å². The Bertz CT molecular complexity index is 184. The van der Waals surface area contributed by atoms with Crippen molar-refractivity contribution in [3.63, 3.8) is 0 Å². The summed E-state index contributed by atoms with van der Waals surface area (Å²) in [6.07, 6.45) is 15.8. The molecule has 0 radical (unpaired) electrons. The highest BCUT2D eigenvalue weighted by Crippen LogP contribution is 2.25. The number of hydrogen-bond acceptors (Lipinski definition) is 1. The molecule has 0 spiro atoms. The summed E-state index contributed by atoms with van der Waals surface area (Å²) in [6, 6.07) is 0.681. The van der Waals surface area contributed by atoms with Crippen LogP contribution in [-0.4, -0.2) is 12.6 Å². The Morgan fingerprint density at radius 1 is 1.27 bits per heavy atom. The average Bonchev–Trinajstić information content (AvgIpc) is 2.52. The topological polar surface area (TPSA) is 12.0 Å². The van der Waals surface area contributed by atoms with Crippen LogP contribution in [0, 0.1) is 18.3 Å². The van der Waals surface area contributed by atoms with E-state index in [0.717, 1.165) is 25.3 Å². The minimum Gasteiger partial charge on any atom is -0.314 e. The molecule has 0 aromatic rings. The molecule has 15 heavy (non-hydrogen) atoms. The third kappa shape index (κ3) is 5.23. The molecule has 1 fully saturated rings. The van der Waals surface area contributed by atoms with Gasteiger partial charge < -0.3 is 5.32 Å². The van der Waals surface area contributed by atoms with Gasteiger partial charge in [-0.3, -0.25) is 0 Å². The number of terminal acetylenes is 1. The Morgan fingerprint density at radius 2 is 1.93 bits per heavy atom. The van der Waals surface area contributed by atoms with Gasteiger partial charge in [-0.25, -0.2) is 0 Å². The molecule has 0 aliphatic heterocycles. The fourth-order valence-corrected chi connectivity index (χ4v) is 2.50. The molecular weight excluding hydrogens is 182 g/mol. The molecule has 0 heterocycles. The number of hydrogen-bond donors (Lipinski definition) is 1. The van der Waals surface area contributed by atoms with E-state index in [0.29, 0.717) is 6.04 Å². The zero-order valence-electron chi connectivity index (χ0n) is 10.1. The van der Waals surface area contributed by atoms with Gasteiger partial charge >= 0.3 is 0 Å². The van der Waals surface area contributed by atoms with Crippen LogP contribution in [0.1, 0.15) is 58.3 Å². The molecular formula is C14H25N. The molecule has 0 aromatic heterocycles. The predicted molar refractivity (Wildman–Crippen MR) is 66.7 cm³/mol. The predicted octanol–water partition coefficient (Wildman–Crippen LogP) is 3.35. The van der Waals surface area contributed by atoms with Crippen molar-refractivity contribution < 1.29 is 0 Å². The van der Waals surface area contributed by atoms with Gasteiger partial charge in [-0.15, -0.1) is 12.3 Å². The highest BCUT2D eigenvalue weighted by molar-refractivity contribution is 4.83. The van der Waals surface area contributed by atoms with Gasteiger partial charge in [-0.05, 0) is 38.6 Å². The third-order valence-corrected chi connectivity index (χ3v) is 3.57. The van der Waals surface area contributed by atoms with E-state index in [4.69, 9.17) is 6.42 Å². The molecule has 0 amide bonds. The molecule has 1 saturated carbocycles. The lowest BCUT2D eigenvalue weighted by molar-refractivity contribution is 0.337. The monoisotopic (exact) mass is 207 g/mol. The van der Waals surface area contributed by atoms with E-state index in [2.05, 4.69) is 18.2 Å². The molecule has 0 bridgehead atoms. The summed E-state index contributed by atoms with van der Waals surface area (Å²) in [5.41, 5.74) is 0. The Balaban J connectivity index is 2.14. The Hall–Kier alpha value is -0.480. The molecule has 1 nitrogen and oxygen atoms in total. The van der Waals surface area contributed by atoms with Gasteiger partial charge in [-0.2, -0.15) is 0 Å². The summed E-state index contributed by atoms with van der Waals surface area (Å²) in [4.78, 5) is 0. The van der Waals surface area contributed by atoms with Crippen LogP contribution in [0.4, 0.5) is 0 Å². The fraction of sp³-hybridized carbons (Fsp3) is 0.857. The maximum atomic E-state index is 5.23. The molecule has 0 saturated heterocycles. The van der Waals surface area contributed by atoms with Gasteiger partial charge in [0.2, 0.25) is 0 Å². The van der Waals surface area contributed by atoms with Gasteiger partial charge in [0, 0.05) is 12.5 Å². The summed E-state index contributed by atoms with van der Waals surface area (Å²) in [5.74, 6) is 3.59. The van der Waals surface area contributed by atoms with Crippen molar-refractivity contribution in [1.82, 2.24) is 5.32 Å². The maximum Gasteiger partial charge on any atom is 0.00981 e. The van der Waals surface area contributed by atoms with Crippen LogP contribution >= 0.6 is 0 Å². The molecule has 1 heteroatoms. The summed E-state index contributed by atoms with van der Waals surface area (Å²) in [7, 11) is 0. The van der Waals surface area contributed by atoms with Gasteiger partial charge in [0.15, 0.2) is 0 Å². The standard InChI is InChI=1S/C14H25N/c1-3-4-9-12-15-13(2)14-10-7-5-6-8-11-14/h1,13-15H,4-12H2,2H3/t13-/m0/s1. The Kier molecular flexibility index (Phi) is 6.52. The lowest BCUT2D eigenvalue weighted by Gasteiger charge is -2.23. The summed E-state index contributed by atoms with van der Waals surface area (Å²) < 4.78 is 0. The van der Waals surface area contributed by atoms with Crippen molar-refractivity contribution in [3.8, 4) is 12.3 Å².